The van der Waals surface area contributed by atoms with Crippen molar-refractivity contribution in [2.45, 2.75) is 19.9 Å². The lowest BCUT2D eigenvalue weighted by molar-refractivity contribution is -0.137. The quantitative estimate of drug-likeness (QED) is 0.785. The number of aryl methyl sites for hydroxylation is 1. The number of hydrogen-bond donors (Lipinski definition) is 3. The van der Waals surface area contributed by atoms with Gasteiger partial charge in [0.1, 0.15) is 6.54 Å². The van der Waals surface area contributed by atoms with Crippen LogP contribution in [0.4, 0.5) is 16.2 Å². The maximum Gasteiger partial charge on any atom is 0.325 e. The Hall–Kier alpha value is -2.83. The Bertz CT molecular complexity index is 651. The third-order valence-electron chi connectivity index (χ3n) is 2.83. The fourth-order valence-corrected chi connectivity index (χ4v) is 1.89. The highest BCUT2D eigenvalue weighted by Crippen LogP contribution is 2.16. The molecule has 7 nitrogen and oxygen atoms in total. The second-order valence-electron chi connectivity index (χ2n) is 4.41. The van der Waals surface area contributed by atoms with Crippen LogP contribution in [0.5, 0.6) is 0 Å². The van der Waals surface area contributed by atoms with E-state index in [2.05, 4.69) is 15.7 Å². The Kier molecular flexibility index (Phi) is 4.55. The van der Waals surface area contributed by atoms with E-state index in [9.17, 15) is 9.59 Å². The second kappa shape index (κ2) is 6.56. The van der Waals surface area contributed by atoms with Gasteiger partial charge in [0.05, 0.1) is 11.9 Å². The summed E-state index contributed by atoms with van der Waals surface area (Å²) < 4.78 is 1.23. The fraction of sp³-hybridized carbons (Fsp3) is 0.214. The lowest BCUT2D eigenvalue weighted by Crippen LogP contribution is -2.20. The molecule has 1 aromatic heterocycles. The van der Waals surface area contributed by atoms with Crippen molar-refractivity contribution >= 4 is 23.4 Å². The topological polar surface area (TPSA) is 96.3 Å². The van der Waals surface area contributed by atoms with E-state index in [1.54, 1.807) is 0 Å². The van der Waals surface area contributed by atoms with E-state index in [1.165, 1.54) is 17.1 Å². The van der Waals surface area contributed by atoms with Gasteiger partial charge in [0.2, 0.25) is 0 Å². The van der Waals surface area contributed by atoms with Gasteiger partial charge in [0.15, 0.2) is 0 Å². The normalized spacial score (nSPS) is 10.1. The molecule has 3 N–H and O–H groups in total. The molecule has 0 bridgehead atoms. The van der Waals surface area contributed by atoms with Crippen molar-refractivity contribution in [2.24, 2.45) is 0 Å². The number of amides is 2. The predicted octanol–water partition coefficient (Wildman–Crippen LogP) is 2.17. The van der Waals surface area contributed by atoms with Crippen LogP contribution in [0, 0.1) is 0 Å². The summed E-state index contributed by atoms with van der Waals surface area (Å²) in [6.07, 6.45) is 3.67. The summed E-state index contributed by atoms with van der Waals surface area (Å²) in [7, 11) is 0. The van der Waals surface area contributed by atoms with E-state index in [-0.39, 0.29) is 6.54 Å². The molecule has 0 spiro atoms. The number of carbonyl (C=O) groups excluding carboxylic acids is 1. The number of anilines is 2. The zero-order chi connectivity index (χ0) is 15.2. The smallest absolute Gasteiger partial charge is 0.325 e. The summed E-state index contributed by atoms with van der Waals surface area (Å²) in [6.45, 7) is 1.76. The average molecular weight is 288 g/mol. The van der Waals surface area contributed by atoms with Gasteiger partial charge in [0, 0.05) is 11.9 Å². The summed E-state index contributed by atoms with van der Waals surface area (Å²) in [5, 5.41) is 17.9. The number of nitrogens with zero attached hydrogens (tertiary/aromatic N) is 2. The Morgan fingerprint density at radius 2 is 2.05 bits per heavy atom. The first-order valence-electron chi connectivity index (χ1n) is 6.48. The molecule has 0 saturated heterocycles. The number of nitrogens with one attached hydrogen (secondary N) is 2. The Morgan fingerprint density at radius 1 is 1.29 bits per heavy atom. The zero-order valence-corrected chi connectivity index (χ0v) is 11.5. The summed E-state index contributed by atoms with van der Waals surface area (Å²) in [5.74, 6) is -0.994. The first-order valence-corrected chi connectivity index (χ1v) is 6.48. The first-order chi connectivity index (χ1) is 10.1. The molecule has 0 saturated carbocycles. The molecule has 21 heavy (non-hydrogen) atoms. The number of rotatable bonds is 5. The minimum absolute atomic E-state index is 0.248. The van der Waals surface area contributed by atoms with Crippen molar-refractivity contribution in [3.05, 3.63) is 42.2 Å². The van der Waals surface area contributed by atoms with E-state index in [0.717, 1.165) is 17.7 Å². The molecule has 1 aromatic carbocycles. The van der Waals surface area contributed by atoms with Crippen molar-refractivity contribution in [1.82, 2.24) is 9.78 Å². The summed E-state index contributed by atoms with van der Waals surface area (Å²) in [4.78, 5) is 22.5. The lowest BCUT2D eigenvalue weighted by Gasteiger charge is -2.09. The number of para-hydroxylation sites is 1. The van der Waals surface area contributed by atoms with Gasteiger partial charge < -0.3 is 15.7 Å². The van der Waals surface area contributed by atoms with Crippen LogP contribution >= 0.6 is 0 Å². The summed E-state index contributed by atoms with van der Waals surface area (Å²) >= 11 is 0. The van der Waals surface area contributed by atoms with Crippen LogP contribution in [0.1, 0.15) is 12.5 Å². The standard InChI is InChI=1S/C14H16N4O3/c1-2-10-5-3-4-6-12(10)17-14(21)16-11-7-15-18(8-11)9-13(19)20/h3-8H,2,9H2,1H3,(H,19,20)(H2,16,17,21). The van der Waals surface area contributed by atoms with Crippen molar-refractivity contribution < 1.29 is 14.7 Å². The summed E-state index contributed by atoms with van der Waals surface area (Å²) in [6, 6.07) is 7.13. The molecule has 0 aliphatic rings. The van der Waals surface area contributed by atoms with E-state index in [4.69, 9.17) is 5.11 Å². The minimum Gasteiger partial charge on any atom is -0.480 e. The van der Waals surface area contributed by atoms with Crippen molar-refractivity contribution in [1.29, 1.82) is 0 Å². The predicted molar refractivity (Wildman–Crippen MR) is 78.3 cm³/mol. The number of carboxylic acid groups (broad SMARTS) is 1. The highest BCUT2D eigenvalue weighted by atomic mass is 16.4. The van der Waals surface area contributed by atoms with Crippen LogP contribution in [0.15, 0.2) is 36.7 Å². The molecular formula is C14H16N4O3. The van der Waals surface area contributed by atoms with Gasteiger partial charge in [-0.1, -0.05) is 25.1 Å². The number of carboxylic acids is 1. The SMILES string of the molecule is CCc1ccccc1NC(=O)Nc1cnn(CC(=O)O)c1. The molecule has 2 amide bonds. The van der Waals surface area contributed by atoms with Crippen LogP contribution in [0.25, 0.3) is 0 Å². The first kappa shape index (κ1) is 14.6. The number of carbonyl (C=O) groups is 2. The Labute approximate surface area is 121 Å². The Morgan fingerprint density at radius 3 is 2.76 bits per heavy atom. The van der Waals surface area contributed by atoms with Gasteiger partial charge in [-0.2, -0.15) is 5.10 Å². The van der Waals surface area contributed by atoms with Gasteiger partial charge >= 0.3 is 12.0 Å². The number of aliphatic carboxylic acids is 1. The van der Waals surface area contributed by atoms with E-state index in [0.29, 0.717) is 5.69 Å². The highest BCUT2D eigenvalue weighted by molar-refractivity contribution is 6.00. The molecule has 7 heteroatoms. The van der Waals surface area contributed by atoms with Crippen molar-refractivity contribution in [2.75, 3.05) is 10.6 Å². The van der Waals surface area contributed by atoms with Gasteiger partial charge in [-0.15, -0.1) is 0 Å². The van der Waals surface area contributed by atoms with Gasteiger partial charge in [-0.05, 0) is 18.1 Å². The number of urea groups is 1. The van der Waals surface area contributed by atoms with Crippen LogP contribution in [0.3, 0.4) is 0 Å². The average Bonchev–Trinajstić information content (AvgIpc) is 2.85. The van der Waals surface area contributed by atoms with Crippen molar-refractivity contribution in [3.8, 4) is 0 Å². The molecule has 0 aliphatic carbocycles. The van der Waals surface area contributed by atoms with Crippen LogP contribution < -0.4 is 10.6 Å². The maximum absolute atomic E-state index is 11.9. The molecule has 1 heterocycles. The molecule has 110 valence electrons. The zero-order valence-electron chi connectivity index (χ0n) is 11.5. The summed E-state index contributed by atoms with van der Waals surface area (Å²) in [5.41, 5.74) is 2.22. The largest absolute Gasteiger partial charge is 0.480 e. The molecule has 0 atom stereocenters. The minimum atomic E-state index is -0.994. The lowest BCUT2D eigenvalue weighted by atomic mass is 10.1. The van der Waals surface area contributed by atoms with Crippen LogP contribution in [0.2, 0.25) is 0 Å². The van der Waals surface area contributed by atoms with E-state index in [1.807, 2.05) is 31.2 Å². The Balaban J connectivity index is 1.98. The maximum atomic E-state index is 11.9. The molecule has 0 unspecified atom stereocenters. The second-order valence-corrected chi connectivity index (χ2v) is 4.41. The van der Waals surface area contributed by atoms with E-state index >= 15 is 0 Å². The molecule has 2 rings (SSSR count). The third kappa shape index (κ3) is 4.07. The molecule has 0 fully saturated rings. The van der Waals surface area contributed by atoms with Crippen molar-refractivity contribution in [3.63, 3.8) is 0 Å². The molecular weight excluding hydrogens is 272 g/mol. The van der Waals surface area contributed by atoms with Gasteiger partial charge in [-0.3, -0.25) is 9.48 Å². The third-order valence-corrected chi connectivity index (χ3v) is 2.83. The number of aromatic nitrogens is 2. The molecule has 2 aromatic rings. The molecule has 0 aliphatic heterocycles. The number of benzene rings is 1. The highest BCUT2D eigenvalue weighted by Gasteiger charge is 2.08. The van der Waals surface area contributed by atoms with Crippen LogP contribution in [-0.2, 0) is 17.8 Å². The monoisotopic (exact) mass is 288 g/mol. The van der Waals surface area contributed by atoms with Gasteiger partial charge in [0.25, 0.3) is 0 Å². The van der Waals surface area contributed by atoms with E-state index < -0.39 is 12.0 Å². The molecule has 0 radical (unpaired) electrons. The van der Waals surface area contributed by atoms with Crippen LogP contribution in [-0.4, -0.2) is 26.9 Å². The number of hydrogen-bond acceptors (Lipinski definition) is 3. The fourth-order valence-electron chi connectivity index (χ4n) is 1.89. The van der Waals surface area contributed by atoms with Gasteiger partial charge in [-0.25, -0.2) is 4.79 Å².